The normalized spacial score (nSPS) is 26.6. The molecule has 0 saturated carbocycles. The smallest absolute Gasteiger partial charge is 0.250 e. The van der Waals surface area contributed by atoms with Crippen LogP contribution in [0.2, 0.25) is 5.02 Å². The summed E-state index contributed by atoms with van der Waals surface area (Å²) in [7, 11) is 0. The van der Waals surface area contributed by atoms with Crippen molar-refractivity contribution in [3.63, 3.8) is 0 Å². The van der Waals surface area contributed by atoms with E-state index in [0.29, 0.717) is 28.4 Å². The van der Waals surface area contributed by atoms with Crippen LogP contribution in [0.4, 0.5) is 11.4 Å². The number of carbonyl (C=O) groups excluding carboxylic acids is 3. The number of nitrogens with zero attached hydrogens (tertiary/aromatic N) is 1. The van der Waals surface area contributed by atoms with Gasteiger partial charge in [0.15, 0.2) is 0 Å². The number of H-pyrrole nitrogens is 1. The molecule has 7 nitrogen and oxygen atoms in total. The lowest BCUT2D eigenvalue weighted by atomic mass is 9.76. The van der Waals surface area contributed by atoms with Crippen molar-refractivity contribution >= 4 is 51.6 Å². The highest BCUT2D eigenvalue weighted by Crippen LogP contribution is 2.54. The first-order chi connectivity index (χ1) is 17.5. The van der Waals surface area contributed by atoms with Gasteiger partial charge in [-0.05, 0) is 42.3 Å². The molecule has 4 aromatic rings. The van der Waals surface area contributed by atoms with Gasteiger partial charge in [-0.15, -0.1) is 0 Å². The van der Waals surface area contributed by atoms with Crippen LogP contribution in [0.3, 0.4) is 0 Å². The second kappa shape index (κ2) is 7.53. The van der Waals surface area contributed by atoms with Crippen LogP contribution in [0.15, 0.2) is 79.0 Å². The molecular weight excluding hydrogens is 476 g/mol. The average molecular weight is 497 g/mol. The van der Waals surface area contributed by atoms with Crippen molar-refractivity contribution in [3.05, 3.63) is 95.1 Å². The lowest BCUT2D eigenvalue weighted by molar-refractivity contribution is -0.130. The van der Waals surface area contributed by atoms with E-state index in [1.165, 1.54) is 4.90 Å². The Labute approximate surface area is 211 Å². The SMILES string of the molecule is O=C1[C@@H]2[C@H](Cc3c[nH]c4ccccc34)N[C@@]3(C(=O)Nc4ccccc43)[C@@H]2C(=O)N1c1cccc(Cl)c1. The standard InChI is InChI=1S/C28H21ClN4O3/c29-16-6-5-7-17(13-16)33-25(34)23-22(12-15-14-30-20-10-3-1-8-18(15)20)32-28(24(23)26(33)35)19-9-2-4-11-21(19)31-27(28)36/h1-11,13-14,22-24,30,32H,12H2,(H,31,36)/t22-,23+,24-,28+/m0/s1. The molecule has 0 unspecified atom stereocenters. The summed E-state index contributed by atoms with van der Waals surface area (Å²) in [6.45, 7) is 0. The topological polar surface area (TPSA) is 94.3 Å². The number of imide groups is 1. The van der Waals surface area contributed by atoms with E-state index >= 15 is 0 Å². The van der Waals surface area contributed by atoms with Gasteiger partial charge in [0.1, 0.15) is 5.54 Å². The van der Waals surface area contributed by atoms with E-state index in [1.807, 2.05) is 54.7 Å². The zero-order valence-electron chi connectivity index (χ0n) is 19.0. The van der Waals surface area contributed by atoms with Gasteiger partial charge in [0.25, 0.3) is 0 Å². The number of halogens is 1. The van der Waals surface area contributed by atoms with Gasteiger partial charge >= 0.3 is 0 Å². The number of rotatable bonds is 3. The fourth-order valence-corrected chi connectivity index (χ4v) is 6.52. The molecule has 1 spiro atoms. The Morgan fingerprint density at radius 1 is 0.917 bits per heavy atom. The summed E-state index contributed by atoms with van der Waals surface area (Å²) in [5.74, 6) is -2.63. The minimum absolute atomic E-state index is 0.311. The van der Waals surface area contributed by atoms with E-state index in [1.54, 1.807) is 24.3 Å². The highest BCUT2D eigenvalue weighted by molar-refractivity contribution is 6.31. The fourth-order valence-electron chi connectivity index (χ4n) is 6.34. The summed E-state index contributed by atoms with van der Waals surface area (Å²) >= 11 is 6.20. The third-order valence-corrected chi connectivity index (χ3v) is 8.04. The van der Waals surface area contributed by atoms with Crippen LogP contribution < -0.4 is 15.5 Å². The van der Waals surface area contributed by atoms with Crippen LogP contribution in [0.25, 0.3) is 10.9 Å². The number of hydrogen-bond acceptors (Lipinski definition) is 4. The van der Waals surface area contributed by atoms with E-state index in [0.717, 1.165) is 16.5 Å². The summed E-state index contributed by atoms with van der Waals surface area (Å²) in [5.41, 5.74) is 2.45. The van der Waals surface area contributed by atoms with E-state index in [2.05, 4.69) is 15.6 Å². The summed E-state index contributed by atoms with van der Waals surface area (Å²) < 4.78 is 0. The summed E-state index contributed by atoms with van der Waals surface area (Å²) in [5, 5.41) is 7.92. The lowest BCUT2D eigenvalue weighted by Crippen LogP contribution is -2.53. The second-order valence-electron chi connectivity index (χ2n) is 9.62. The second-order valence-corrected chi connectivity index (χ2v) is 10.1. The number of amides is 3. The van der Waals surface area contributed by atoms with Crippen LogP contribution in [0, 0.1) is 11.8 Å². The average Bonchev–Trinajstić information content (AvgIpc) is 3.58. The molecule has 3 aliphatic heterocycles. The molecule has 4 heterocycles. The minimum Gasteiger partial charge on any atom is -0.361 e. The number of para-hydroxylation sites is 2. The minimum atomic E-state index is -1.34. The third-order valence-electron chi connectivity index (χ3n) is 7.80. The molecule has 7 rings (SSSR count). The molecule has 1 aromatic heterocycles. The summed E-state index contributed by atoms with van der Waals surface area (Å²) in [6, 6.07) is 21.6. The maximum Gasteiger partial charge on any atom is 0.250 e. The summed E-state index contributed by atoms with van der Waals surface area (Å²) in [6.07, 6.45) is 2.41. The van der Waals surface area contributed by atoms with Crippen LogP contribution in [0.5, 0.6) is 0 Å². The van der Waals surface area contributed by atoms with E-state index in [9.17, 15) is 14.4 Å². The van der Waals surface area contributed by atoms with Crippen molar-refractivity contribution in [3.8, 4) is 0 Å². The third kappa shape index (κ3) is 2.75. The van der Waals surface area contributed by atoms with Gasteiger partial charge in [-0.3, -0.25) is 19.7 Å². The van der Waals surface area contributed by atoms with Gasteiger partial charge in [0.2, 0.25) is 17.7 Å². The Balaban J connectivity index is 1.38. The molecule has 3 aliphatic rings. The molecule has 3 N–H and O–H groups in total. The van der Waals surface area contributed by atoms with Gasteiger partial charge < -0.3 is 10.3 Å². The molecule has 0 aliphatic carbocycles. The fraction of sp³-hybridized carbons (Fsp3) is 0.179. The molecule has 2 saturated heterocycles. The molecule has 4 atom stereocenters. The van der Waals surface area contributed by atoms with Crippen molar-refractivity contribution in [2.45, 2.75) is 18.0 Å². The van der Waals surface area contributed by atoms with Gasteiger partial charge in [0, 0.05) is 39.4 Å². The molecule has 8 heteroatoms. The van der Waals surface area contributed by atoms with Crippen molar-refractivity contribution in [2.75, 3.05) is 10.2 Å². The monoisotopic (exact) mass is 496 g/mol. The maximum absolute atomic E-state index is 14.0. The van der Waals surface area contributed by atoms with Gasteiger partial charge in [-0.1, -0.05) is 54.1 Å². The maximum atomic E-state index is 14.0. The Morgan fingerprint density at radius 2 is 1.72 bits per heavy atom. The molecule has 3 aromatic carbocycles. The quantitative estimate of drug-likeness (QED) is 0.374. The van der Waals surface area contributed by atoms with Gasteiger partial charge in [-0.2, -0.15) is 0 Å². The van der Waals surface area contributed by atoms with Crippen molar-refractivity contribution < 1.29 is 14.4 Å². The first-order valence-electron chi connectivity index (χ1n) is 11.9. The zero-order valence-corrected chi connectivity index (χ0v) is 19.8. The zero-order chi connectivity index (χ0) is 24.6. The van der Waals surface area contributed by atoms with Crippen molar-refractivity contribution in [2.24, 2.45) is 11.8 Å². The number of hydrogen-bond donors (Lipinski definition) is 3. The van der Waals surface area contributed by atoms with E-state index in [4.69, 9.17) is 11.6 Å². The largest absolute Gasteiger partial charge is 0.361 e. The number of nitrogens with one attached hydrogen (secondary N) is 3. The highest BCUT2D eigenvalue weighted by Gasteiger charge is 2.70. The van der Waals surface area contributed by atoms with Crippen LogP contribution in [-0.2, 0) is 26.3 Å². The lowest BCUT2D eigenvalue weighted by Gasteiger charge is -2.29. The van der Waals surface area contributed by atoms with Gasteiger partial charge in [-0.25, -0.2) is 4.90 Å². The molecule has 36 heavy (non-hydrogen) atoms. The Morgan fingerprint density at radius 3 is 2.58 bits per heavy atom. The number of fused-ring (bicyclic) bond motifs is 5. The molecular formula is C28H21ClN4O3. The predicted octanol–water partition coefficient (Wildman–Crippen LogP) is 3.99. The van der Waals surface area contributed by atoms with Crippen LogP contribution in [0.1, 0.15) is 11.1 Å². The number of benzene rings is 3. The summed E-state index contributed by atoms with van der Waals surface area (Å²) in [4.78, 5) is 46.1. The van der Waals surface area contributed by atoms with Crippen LogP contribution in [-0.4, -0.2) is 28.7 Å². The first kappa shape index (κ1) is 21.4. The molecule has 0 bridgehead atoms. The predicted molar refractivity (Wildman–Crippen MR) is 137 cm³/mol. The van der Waals surface area contributed by atoms with E-state index in [-0.39, 0.29) is 11.8 Å². The highest BCUT2D eigenvalue weighted by atomic mass is 35.5. The Bertz CT molecular complexity index is 1600. The Kier molecular flexibility index (Phi) is 4.46. The molecule has 178 valence electrons. The molecule has 3 amide bonds. The number of aromatic amines is 1. The number of anilines is 2. The Hall–Kier alpha value is -3.94. The number of carbonyl (C=O) groups is 3. The van der Waals surface area contributed by atoms with Crippen molar-refractivity contribution in [1.29, 1.82) is 0 Å². The van der Waals surface area contributed by atoms with Crippen LogP contribution >= 0.6 is 11.6 Å². The van der Waals surface area contributed by atoms with Crippen molar-refractivity contribution in [1.82, 2.24) is 10.3 Å². The molecule has 0 radical (unpaired) electrons. The first-order valence-corrected chi connectivity index (χ1v) is 12.2. The van der Waals surface area contributed by atoms with E-state index < -0.39 is 29.3 Å². The van der Waals surface area contributed by atoms with Gasteiger partial charge in [0.05, 0.1) is 17.5 Å². The molecule has 2 fully saturated rings. The number of aromatic nitrogens is 1.